The second-order valence-corrected chi connectivity index (χ2v) is 22.6. The number of hydrogen-bond acceptors (Lipinski definition) is 12. The zero-order chi connectivity index (χ0) is 44.9. The first kappa shape index (κ1) is 50.8. The van der Waals surface area contributed by atoms with Gasteiger partial charge in [-0.25, -0.2) is 0 Å². The SMILES string of the molecule is CCCCN(c1nc(N(CCCC)C2CC(C)(C)N(CCO)C(C)(C)C2)nc(N(CCCC)C2CC(C)(C)N(CCO)C(C)(C)C2)n1)C1CC(C)(C)N(CCO)C(C)(C)C1. The van der Waals surface area contributed by atoms with Gasteiger partial charge < -0.3 is 30.0 Å². The minimum Gasteiger partial charge on any atom is -0.395 e. The van der Waals surface area contributed by atoms with E-state index in [1.54, 1.807) is 0 Å². The molecule has 3 aliphatic rings. The number of anilines is 3. The van der Waals surface area contributed by atoms with Crippen molar-refractivity contribution in [2.75, 3.05) is 73.8 Å². The maximum absolute atomic E-state index is 10.2. The van der Waals surface area contributed by atoms with Crippen molar-refractivity contribution in [3.8, 4) is 0 Å². The Kier molecular flexibility index (Phi) is 17.2. The van der Waals surface area contributed by atoms with Gasteiger partial charge in [-0.1, -0.05) is 40.0 Å². The molecule has 3 fully saturated rings. The summed E-state index contributed by atoms with van der Waals surface area (Å²) in [5.74, 6) is 2.39. The van der Waals surface area contributed by atoms with E-state index in [-0.39, 0.29) is 71.2 Å². The maximum atomic E-state index is 10.2. The Balaban J connectivity index is 1.98. The lowest BCUT2D eigenvalue weighted by Gasteiger charge is -2.57. The van der Waals surface area contributed by atoms with Gasteiger partial charge in [0.15, 0.2) is 0 Å². The highest BCUT2D eigenvalue weighted by Crippen LogP contribution is 2.45. The highest BCUT2D eigenvalue weighted by Gasteiger charge is 2.50. The highest BCUT2D eigenvalue weighted by atomic mass is 16.3. The molecule has 3 aliphatic heterocycles. The van der Waals surface area contributed by atoms with Crippen LogP contribution < -0.4 is 14.7 Å². The molecule has 3 N–H and O–H groups in total. The number of nitrogens with zero attached hydrogens (tertiary/aromatic N) is 9. The molecule has 0 radical (unpaired) electrons. The molecule has 0 aliphatic carbocycles. The number of hydrogen-bond donors (Lipinski definition) is 3. The van der Waals surface area contributed by atoms with Gasteiger partial charge in [-0.3, -0.25) is 14.7 Å². The molecular weight excluding hydrogens is 751 g/mol. The average molecular weight is 844 g/mol. The zero-order valence-electron chi connectivity index (χ0n) is 41.4. The lowest BCUT2D eigenvalue weighted by Crippen LogP contribution is -2.65. The van der Waals surface area contributed by atoms with Crippen LogP contribution in [0, 0.1) is 0 Å². The molecule has 3 saturated heterocycles. The lowest BCUT2D eigenvalue weighted by molar-refractivity contribution is -0.0449. The summed E-state index contributed by atoms with van der Waals surface area (Å²) in [6.45, 7) is 40.0. The second-order valence-electron chi connectivity index (χ2n) is 22.6. The lowest BCUT2D eigenvalue weighted by atomic mass is 9.76. The number of rotatable bonds is 21. The van der Waals surface area contributed by atoms with Crippen molar-refractivity contribution in [2.24, 2.45) is 0 Å². The monoisotopic (exact) mass is 844 g/mol. The van der Waals surface area contributed by atoms with Crippen LogP contribution in [0.2, 0.25) is 0 Å². The third-order valence-corrected chi connectivity index (χ3v) is 14.7. The summed E-state index contributed by atoms with van der Waals surface area (Å²) >= 11 is 0. The van der Waals surface area contributed by atoms with Gasteiger partial charge >= 0.3 is 0 Å². The minimum atomic E-state index is -0.127. The molecule has 60 heavy (non-hydrogen) atoms. The van der Waals surface area contributed by atoms with Gasteiger partial charge in [0, 0.05) is 90.6 Å². The summed E-state index contributed by atoms with van der Waals surface area (Å²) in [6, 6.07) is 0.644. The summed E-state index contributed by atoms with van der Waals surface area (Å²) in [5, 5.41) is 30.5. The Hall–Kier alpha value is -1.83. The van der Waals surface area contributed by atoms with Gasteiger partial charge in [0.05, 0.1) is 19.8 Å². The summed E-state index contributed by atoms with van der Waals surface area (Å²) in [5.41, 5.74) is -0.762. The van der Waals surface area contributed by atoms with Crippen LogP contribution in [0.3, 0.4) is 0 Å². The van der Waals surface area contributed by atoms with Crippen LogP contribution in [0.25, 0.3) is 0 Å². The molecule has 4 heterocycles. The van der Waals surface area contributed by atoms with E-state index in [0.717, 1.165) is 115 Å². The van der Waals surface area contributed by atoms with Crippen LogP contribution >= 0.6 is 0 Å². The third-order valence-electron chi connectivity index (χ3n) is 14.7. The number of likely N-dealkylation sites (tertiary alicyclic amines) is 3. The first-order chi connectivity index (χ1) is 27.9. The molecule has 0 bridgehead atoms. The standard InChI is InChI=1S/C48H93N9O3/c1-16-19-22-52(37-31-43(4,5)55(25-28-58)44(6,7)32-37)40-49-41(53(23-20-17-2)38-33-45(8,9)56(26-29-59)46(10,11)34-38)51-42(50-40)54(24-21-18-3)39-35-47(12,13)57(27-30-60)48(14,15)36-39/h37-39,58-60H,16-36H2,1-15H3. The zero-order valence-corrected chi connectivity index (χ0v) is 41.4. The molecule has 1 aromatic rings. The van der Waals surface area contributed by atoms with E-state index in [1.807, 2.05) is 0 Å². The second kappa shape index (κ2) is 20.3. The Morgan fingerprint density at radius 3 is 0.783 bits per heavy atom. The van der Waals surface area contributed by atoms with E-state index in [1.165, 1.54) is 0 Å². The van der Waals surface area contributed by atoms with Crippen molar-refractivity contribution in [3.63, 3.8) is 0 Å². The Bertz CT molecular complexity index is 1240. The molecule has 4 rings (SSSR count). The molecule has 12 nitrogen and oxygen atoms in total. The van der Waals surface area contributed by atoms with Gasteiger partial charge in [0.25, 0.3) is 0 Å². The van der Waals surface area contributed by atoms with Crippen molar-refractivity contribution in [1.82, 2.24) is 29.7 Å². The molecular formula is C48H93N9O3. The van der Waals surface area contributed by atoms with E-state index in [2.05, 4.69) is 133 Å². The predicted molar refractivity (Wildman–Crippen MR) is 252 cm³/mol. The Morgan fingerprint density at radius 1 is 0.417 bits per heavy atom. The summed E-state index contributed by atoms with van der Waals surface area (Å²) in [6.07, 6.45) is 12.1. The van der Waals surface area contributed by atoms with Crippen molar-refractivity contribution in [3.05, 3.63) is 0 Å². The van der Waals surface area contributed by atoms with Crippen LogP contribution in [-0.4, -0.2) is 155 Å². The topological polar surface area (TPSA) is 119 Å². The Labute approximate surface area is 367 Å². The summed E-state index contributed by atoms with van der Waals surface area (Å²) in [4.78, 5) is 32.2. The number of aliphatic hydroxyl groups excluding tert-OH is 3. The summed E-state index contributed by atoms with van der Waals surface area (Å²) in [7, 11) is 0. The van der Waals surface area contributed by atoms with E-state index in [9.17, 15) is 15.3 Å². The molecule has 0 unspecified atom stereocenters. The first-order valence-corrected chi connectivity index (χ1v) is 24.2. The normalized spacial score (nSPS) is 23.5. The van der Waals surface area contributed by atoms with E-state index < -0.39 is 0 Å². The van der Waals surface area contributed by atoms with Crippen LogP contribution in [0.1, 0.15) is 181 Å². The largest absolute Gasteiger partial charge is 0.395 e. The fourth-order valence-electron chi connectivity index (χ4n) is 12.6. The van der Waals surface area contributed by atoms with Crippen LogP contribution in [0.4, 0.5) is 17.8 Å². The maximum Gasteiger partial charge on any atom is 0.232 e. The number of piperidine rings is 3. The fourth-order valence-corrected chi connectivity index (χ4v) is 12.6. The molecule has 0 spiro atoms. The predicted octanol–water partition coefficient (Wildman–Crippen LogP) is 7.73. The average Bonchev–Trinajstić information content (AvgIpc) is 3.12. The van der Waals surface area contributed by atoms with Gasteiger partial charge in [0.1, 0.15) is 0 Å². The number of aliphatic hydroxyl groups is 3. The fraction of sp³-hybridized carbons (Fsp3) is 0.938. The van der Waals surface area contributed by atoms with Gasteiger partial charge in [-0.2, -0.15) is 15.0 Å². The minimum absolute atomic E-state index is 0.127. The third kappa shape index (κ3) is 11.6. The highest BCUT2D eigenvalue weighted by molar-refractivity contribution is 5.49. The van der Waals surface area contributed by atoms with Crippen molar-refractivity contribution in [2.45, 2.75) is 232 Å². The molecule has 1 aromatic heterocycles. The van der Waals surface area contributed by atoms with Crippen LogP contribution in [0.5, 0.6) is 0 Å². The van der Waals surface area contributed by atoms with E-state index in [4.69, 9.17) is 15.0 Å². The molecule has 0 saturated carbocycles. The van der Waals surface area contributed by atoms with Crippen molar-refractivity contribution >= 4 is 17.8 Å². The van der Waals surface area contributed by atoms with E-state index >= 15 is 0 Å². The van der Waals surface area contributed by atoms with Crippen LogP contribution in [0.15, 0.2) is 0 Å². The quantitative estimate of drug-likeness (QED) is 0.112. The molecule has 0 amide bonds. The number of β-amino-alcohol motifs (C(OH)–C–C–N with tert-alkyl or cyclic N) is 3. The van der Waals surface area contributed by atoms with Gasteiger partial charge in [-0.15, -0.1) is 0 Å². The van der Waals surface area contributed by atoms with Gasteiger partial charge in [0.2, 0.25) is 17.8 Å². The number of aromatic nitrogens is 3. The smallest absolute Gasteiger partial charge is 0.232 e. The van der Waals surface area contributed by atoms with Crippen molar-refractivity contribution < 1.29 is 15.3 Å². The molecule has 12 heteroatoms. The van der Waals surface area contributed by atoms with Gasteiger partial charge in [-0.05, 0) is 141 Å². The molecule has 0 atom stereocenters. The van der Waals surface area contributed by atoms with Crippen LogP contribution in [-0.2, 0) is 0 Å². The Morgan fingerprint density at radius 2 is 0.617 bits per heavy atom. The van der Waals surface area contributed by atoms with E-state index in [0.29, 0.717) is 19.6 Å². The number of unbranched alkanes of at least 4 members (excludes halogenated alkanes) is 3. The molecule has 0 aromatic carbocycles. The first-order valence-electron chi connectivity index (χ1n) is 24.2. The molecule has 348 valence electrons. The summed E-state index contributed by atoms with van der Waals surface area (Å²) < 4.78 is 0. The van der Waals surface area contributed by atoms with Crippen molar-refractivity contribution in [1.29, 1.82) is 0 Å².